The second-order valence-electron chi connectivity index (χ2n) is 4.52. The lowest BCUT2D eigenvalue weighted by atomic mass is 9.68. The lowest BCUT2D eigenvalue weighted by Crippen LogP contribution is -2.36. The van der Waals surface area contributed by atoms with Crippen molar-refractivity contribution in [1.82, 2.24) is 0 Å². The van der Waals surface area contributed by atoms with Crippen molar-refractivity contribution < 1.29 is 4.79 Å². The number of carbonyl (C=O) groups excluding carboxylic acids is 1. The molecule has 2 aliphatic carbocycles. The van der Waals surface area contributed by atoms with E-state index >= 15 is 0 Å². The van der Waals surface area contributed by atoms with Gasteiger partial charge in [-0.2, -0.15) is 0 Å². The van der Waals surface area contributed by atoms with Crippen LogP contribution in [-0.4, -0.2) is 5.78 Å². The maximum absolute atomic E-state index is 11.5. The number of hydrogen-bond donors (Lipinski definition) is 0. The van der Waals surface area contributed by atoms with E-state index in [-0.39, 0.29) is 5.41 Å². The maximum atomic E-state index is 11.5. The molecule has 2 aliphatic rings. The molecule has 0 amide bonds. The van der Waals surface area contributed by atoms with Crippen molar-refractivity contribution in [2.45, 2.75) is 27.2 Å². The van der Waals surface area contributed by atoms with Gasteiger partial charge in [0.05, 0.1) is 0 Å². The molecule has 0 aromatic carbocycles. The first-order valence-electron chi connectivity index (χ1n) is 4.76. The molecule has 0 N–H and O–H groups in total. The summed E-state index contributed by atoms with van der Waals surface area (Å²) in [5.41, 5.74) is -0.0561. The van der Waals surface area contributed by atoms with Gasteiger partial charge in [0.2, 0.25) is 0 Å². The van der Waals surface area contributed by atoms with Gasteiger partial charge in [0.25, 0.3) is 0 Å². The first kappa shape index (κ1) is 8.03. The van der Waals surface area contributed by atoms with Crippen molar-refractivity contribution in [3.05, 3.63) is 12.2 Å². The first-order valence-corrected chi connectivity index (χ1v) is 4.76. The molecule has 1 saturated carbocycles. The summed E-state index contributed by atoms with van der Waals surface area (Å²) in [6.45, 7) is 6.09. The molecule has 1 nitrogen and oxygen atoms in total. The Bertz CT molecular complexity index is 254. The third-order valence-corrected chi connectivity index (χ3v) is 4.23. The van der Waals surface area contributed by atoms with E-state index in [1.54, 1.807) is 6.92 Å². The van der Waals surface area contributed by atoms with Crippen LogP contribution in [0.2, 0.25) is 0 Å². The zero-order valence-electron chi connectivity index (χ0n) is 8.00. The van der Waals surface area contributed by atoms with Crippen LogP contribution in [0.25, 0.3) is 0 Å². The molecule has 2 bridgehead atoms. The van der Waals surface area contributed by atoms with E-state index in [0.29, 0.717) is 23.5 Å². The third kappa shape index (κ3) is 0.720. The highest BCUT2D eigenvalue weighted by molar-refractivity contribution is 5.83. The molecule has 0 unspecified atom stereocenters. The van der Waals surface area contributed by atoms with Gasteiger partial charge in [0, 0.05) is 5.41 Å². The second kappa shape index (κ2) is 2.21. The highest BCUT2D eigenvalue weighted by atomic mass is 16.1. The minimum absolute atomic E-state index is 0.0561. The quantitative estimate of drug-likeness (QED) is 0.544. The maximum Gasteiger partial charge on any atom is 0.136 e. The Morgan fingerprint density at radius 3 is 2.50 bits per heavy atom. The summed E-state index contributed by atoms with van der Waals surface area (Å²) in [4.78, 5) is 11.5. The van der Waals surface area contributed by atoms with Gasteiger partial charge in [0.1, 0.15) is 5.78 Å². The van der Waals surface area contributed by atoms with Crippen molar-refractivity contribution in [2.24, 2.45) is 23.2 Å². The van der Waals surface area contributed by atoms with Gasteiger partial charge in [-0.3, -0.25) is 4.79 Å². The standard InChI is InChI=1S/C11H16O/c1-7-9-4-5-10(6-9)11(7,3)8(2)12/h4-5,7,9-10H,6H2,1-3H3/t7-,9+,10-,11-/m0/s1. The van der Waals surface area contributed by atoms with Gasteiger partial charge < -0.3 is 0 Å². The first-order chi connectivity index (χ1) is 5.56. The van der Waals surface area contributed by atoms with Gasteiger partial charge in [-0.15, -0.1) is 0 Å². The van der Waals surface area contributed by atoms with Crippen LogP contribution in [0.1, 0.15) is 27.2 Å². The van der Waals surface area contributed by atoms with Crippen molar-refractivity contribution in [3.63, 3.8) is 0 Å². The Morgan fingerprint density at radius 2 is 2.17 bits per heavy atom. The van der Waals surface area contributed by atoms with Gasteiger partial charge in [-0.1, -0.05) is 26.0 Å². The van der Waals surface area contributed by atoms with Crippen LogP contribution in [-0.2, 0) is 4.79 Å². The van der Waals surface area contributed by atoms with Crippen LogP contribution < -0.4 is 0 Å². The van der Waals surface area contributed by atoms with E-state index in [9.17, 15) is 4.79 Å². The summed E-state index contributed by atoms with van der Waals surface area (Å²) in [7, 11) is 0. The molecule has 0 radical (unpaired) electrons. The van der Waals surface area contributed by atoms with Crippen molar-refractivity contribution >= 4 is 5.78 Å². The number of hydrogen-bond acceptors (Lipinski definition) is 1. The zero-order valence-corrected chi connectivity index (χ0v) is 8.00. The molecule has 0 aromatic heterocycles. The Balaban J connectivity index is 2.39. The van der Waals surface area contributed by atoms with Crippen LogP contribution >= 0.6 is 0 Å². The van der Waals surface area contributed by atoms with Crippen molar-refractivity contribution in [1.29, 1.82) is 0 Å². The highest BCUT2D eigenvalue weighted by Crippen LogP contribution is 2.56. The zero-order chi connectivity index (χ0) is 8.93. The summed E-state index contributed by atoms with van der Waals surface area (Å²) < 4.78 is 0. The average Bonchev–Trinajstić information content (AvgIpc) is 2.55. The molecule has 0 aromatic rings. The fourth-order valence-electron chi connectivity index (χ4n) is 2.91. The predicted octanol–water partition coefficient (Wildman–Crippen LogP) is 2.42. The second-order valence-corrected chi connectivity index (χ2v) is 4.52. The minimum Gasteiger partial charge on any atom is -0.299 e. The van der Waals surface area contributed by atoms with E-state index < -0.39 is 0 Å². The molecular formula is C11H16O. The van der Waals surface area contributed by atoms with E-state index in [4.69, 9.17) is 0 Å². The monoisotopic (exact) mass is 164 g/mol. The summed E-state index contributed by atoms with van der Waals surface area (Å²) in [6.07, 6.45) is 5.74. The minimum atomic E-state index is -0.0561. The van der Waals surface area contributed by atoms with Crippen LogP contribution in [0, 0.1) is 23.2 Å². The van der Waals surface area contributed by atoms with E-state index in [0.717, 1.165) is 0 Å². The Kier molecular flexibility index (Phi) is 1.48. The van der Waals surface area contributed by atoms with Gasteiger partial charge in [-0.05, 0) is 31.1 Å². The summed E-state index contributed by atoms with van der Waals surface area (Å²) in [5.74, 6) is 2.11. The third-order valence-electron chi connectivity index (χ3n) is 4.23. The summed E-state index contributed by atoms with van der Waals surface area (Å²) >= 11 is 0. The number of fused-ring (bicyclic) bond motifs is 2. The van der Waals surface area contributed by atoms with Gasteiger partial charge in [0.15, 0.2) is 0 Å². The molecular weight excluding hydrogens is 148 g/mol. The van der Waals surface area contributed by atoms with E-state index in [1.807, 2.05) is 0 Å². The fraction of sp³-hybridized carbons (Fsp3) is 0.727. The smallest absolute Gasteiger partial charge is 0.136 e. The van der Waals surface area contributed by atoms with Gasteiger partial charge >= 0.3 is 0 Å². The largest absolute Gasteiger partial charge is 0.299 e. The van der Waals surface area contributed by atoms with Crippen molar-refractivity contribution in [3.8, 4) is 0 Å². The number of rotatable bonds is 1. The molecule has 1 fully saturated rings. The molecule has 1 heteroatoms. The SMILES string of the molecule is CC(=O)[C@@]1(C)[C@H]2C=C[C@H](C2)[C@@H]1C. The summed E-state index contributed by atoms with van der Waals surface area (Å²) in [6, 6.07) is 0. The van der Waals surface area contributed by atoms with E-state index in [1.165, 1.54) is 6.42 Å². The topological polar surface area (TPSA) is 17.1 Å². The highest BCUT2D eigenvalue weighted by Gasteiger charge is 2.53. The summed E-state index contributed by atoms with van der Waals surface area (Å²) in [5, 5.41) is 0. The molecule has 0 saturated heterocycles. The Labute approximate surface area is 73.8 Å². The van der Waals surface area contributed by atoms with Crippen LogP contribution in [0.15, 0.2) is 12.2 Å². The normalized spacial score (nSPS) is 50.1. The molecule has 4 atom stereocenters. The average molecular weight is 164 g/mol. The van der Waals surface area contributed by atoms with E-state index in [2.05, 4.69) is 26.0 Å². The number of carbonyl (C=O) groups is 1. The van der Waals surface area contributed by atoms with Crippen LogP contribution in [0.3, 0.4) is 0 Å². The Morgan fingerprint density at radius 1 is 1.50 bits per heavy atom. The van der Waals surface area contributed by atoms with Gasteiger partial charge in [-0.25, -0.2) is 0 Å². The van der Waals surface area contributed by atoms with Crippen LogP contribution in [0.5, 0.6) is 0 Å². The number of allylic oxidation sites excluding steroid dienone is 2. The molecule has 2 rings (SSSR count). The fourth-order valence-corrected chi connectivity index (χ4v) is 2.91. The molecule has 66 valence electrons. The molecule has 0 spiro atoms. The predicted molar refractivity (Wildman–Crippen MR) is 48.7 cm³/mol. The lowest BCUT2D eigenvalue weighted by Gasteiger charge is -2.34. The number of Topliss-reactive ketones (excluding diaryl/α,β-unsaturated/α-hetero) is 1. The molecule has 0 aliphatic heterocycles. The molecule has 12 heavy (non-hydrogen) atoms. The lowest BCUT2D eigenvalue weighted by molar-refractivity contribution is -0.129. The number of ketones is 1. The molecule has 0 heterocycles. The van der Waals surface area contributed by atoms with Crippen LogP contribution in [0.4, 0.5) is 0 Å². The van der Waals surface area contributed by atoms with Crippen molar-refractivity contribution in [2.75, 3.05) is 0 Å². The Hall–Kier alpha value is -0.590.